The third-order valence-corrected chi connectivity index (χ3v) is 3.00. The Hall–Kier alpha value is -1.89. The molecule has 2 N–H and O–H groups in total. The standard InChI is InChI=1S/C15H14F3N.C2H6/c1-10(9-19)13-7-6-12(5-4-11-2-3-11)8-14(13)15(16,17)18;1-2/h6-9,11H,2-3,19H2,1H3;1-2H3/b10-9+;. The molecule has 1 saturated carbocycles. The number of allylic oxidation sites excluding steroid dienone is 1. The minimum Gasteiger partial charge on any atom is -0.404 e. The van der Waals surface area contributed by atoms with Crippen LogP contribution in [0.3, 0.4) is 0 Å². The Bertz CT molecular complexity index is 570. The monoisotopic (exact) mass is 295 g/mol. The zero-order valence-electron chi connectivity index (χ0n) is 12.5. The first-order chi connectivity index (χ1) is 9.91. The molecule has 0 aromatic heterocycles. The number of halogens is 3. The van der Waals surface area contributed by atoms with Crippen molar-refractivity contribution in [2.24, 2.45) is 11.7 Å². The molecule has 0 heterocycles. The zero-order valence-corrected chi connectivity index (χ0v) is 12.5. The fourth-order valence-electron chi connectivity index (χ4n) is 1.70. The Kier molecular flexibility index (Phi) is 5.90. The van der Waals surface area contributed by atoms with Crippen LogP contribution in [0.5, 0.6) is 0 Å². The van der Waals surface area contributed by atoms with Crippen LogP contribution in [0.15, 0.2) is 24.4 Å². The van der Waals surface area contributed by atoms with E-state index in [4.69, 9.17) is 5.73 Å². The molecular weight excluding hydrogens is 275 g/mol. The van der Waals surface area contributed by atoms with Crippen LogP contribution in [0.4, 0.5) is 13.2 Å². The average molecular weight is 295 g/mol. The number of alkyl halides is 3. The molecule has 21 heavy (non-hydrogen) atoms. The van der Waals surface area contributed by atoms with Crippen molar-refractivity contribution in [1.29, 1.82) is 0 Å². The fraction of sp³-hybridized carbons (Fsp3) is 0.412. The minimum atomic E-state index is -4.41. The molecule has 0 spiro atoms. The van der Waals surface area contributed by atoms with E-state index < -0.39 is 11.7 Å². The van der Waals surface area contributed by atoms with Crippen LogP contribution in [0.2, 0.25) is 0 Å². The molecule has 0 radical (unpaired) electrons. The first-order valence-corrected chi connectivity index (χ1v) is 7.03. The van der Waals surface area contributed by atoms with Crippen LogP contribution >= 0.6 is 0 Å². The lowest BCUT2D eigenvalue weighted by atomic mass is 9.98. The van der Waals surface area contributed by atoms with Crippen molar-refractivity contribution < 1.29 is 13.2 Å². The second kappa shape index (κ2) is 7.21. The van der Waals surface area contributed by atoms with Gasteiger partial charge in [-0.1, -0.05) is 31.8 Å². The smallest absolute Gasteiger partial charge is 0.404 e. The number of hydrogen-bond donors (Lipinski definition) is 1. The van der Waals surface area contributed by atoms with E-state index in [0.717, 1.165) is 18.9 Å². The molecule has 1 fully saturated rings. The predicted octanol–water partition coefficient (Wildman–Crippen LogP) is 4.81. The third kappa shape index (κ3) is 4.86. The molecular formula is C17H20F3N. The molecule has 1 aliphatic rings. The Labute approximate surface area is 124 Å². The summed E-state index contributed by atoms with van der Waals surface area (Å²) in [5.41, 5.74) is 5.51. The molecule has 2 rings (SSSR count). The summed E-state index contributed by atoms with van der Waals surface area (Å²) >= 11 is 0. The fourth-order valence-corrected chi connectivity index (χ4v) is 1.70. The summed E-state index contributed by atoms with van der Waals surface area (Å²) in [7, 11) is 0. The summed E-state index contributed by atoms with van der Waals surface area (Å²) in [6, 6.07) is 4.13. The molecule has 4 heteroatoms. The number of benzene rings is 1. The first-order valence-electron chi connectivity index (χ1n) is 7.03. The van der Waals surface area contributed by atoms with Crippen molar-refractivity contribution in [3.63, 3.8) is 0 Å². The Morgan fingerprint density at radius 2 is 1.90 bits per heavy atom. The number of hydrogen-bond acceptors (Lipinski definition) is 1. The Balaban J connectivity index is 0.00000106. The van der Waals surface area contributed by atoms with E-state index in [9.17, 15) is 13.2 Å². The molecule has 0 bridgehead atoms. The van der Waals surface area contributed by atoms with Crippen LogP contribution in [-0.2, 0) is 6.18 Å². The van der Waals surface area contributed by atoms with Crippen molar-refractivity contribution in [1.82, 2.24) is 0 Å². The van der Waals surface area contributed by atoms with Gasteiger partial charge in [0, 0.05) is 11.5 Å². The lowest BCUT2D eigenvalue weighted by molar-refractivity contribution is -0.137. The molecule has 0 aliphatic heterocycles. The Morgan fingerprint density at radius 3 is 2.38 bits per heavy atom. The van der Waals surface area contributed by atoms with Crippen LogP contribution in [-0.4, -0.2) is 0 Å². The van der Waals surface area contributed by atoms with E-state index in [1.54, 1.807) is 13.0 Å². The van der Waals surface area contributed by atoms with Gasteiger partial charge in [0.25, 0.3) is 0 Å². The molecule has 1 aromatic carbocycles. The predicted molar refractivity (Wildman–Crippen MR) is 80.2 cm³/mol. The summed E-state index contributed by atoms with van der Waals surface area (Å²) in [5, 5.41) is 0. The van der Waals surface area contributed by atoms with Gasteiger partial charge in [0.2, 0.25) is 0 Å². The van der Waals surface area contributed by atoms with Crippen LogP contribution < -0.4 is 5.73 Å². The summed E-state index contributed by atoms with van der Waals surface area (Å²) in [4.78, 5) is 0. The molecule has 0 saturated heterocycles. The van der Waals surface area contributed by atoms with Gasteiger partial charge >= 0.3 is 6.18 Å². The van der Waals surface area contributed by atoms with Crippen molar-refractivity contribution in [3.8, 4) is 11.8 Å². The quantitative estimate of drug-likeness (QED) is 0.739. The lowest BCUT2D eigenvalue weighted by Crippen LogP contribution is -2.09. The highest BCUT2D eigenvalue weighted by Gasteiger charge is 2.33. The van der Waals surface area contributed by atoms with Crippen LogP contribution in [0.25, 0.3) is 5.57 Å². The van der Waals surface area contributed by atoms with Crippen LogP contribution in [0.1, 0.15) is 50.3 Å². The van der Waals surface area contributed by atoms with Gasteiger partial charge in [-0.05, 0) is 49.2 Å². The number of rotatable bonds is 1. The molecule has 1 aliphatic carbocycles. The van der Waals surface area contributed by atoms with Gasteiger partial charge < -0.3 is 5.73 Å². The molecule has 0 amide bonds. The summed E-state index contributed by atoms with van der Waals surface area (Å²) < 4.78 is 39.1. The van der Waals surface area contributed by atoms with Gasteiger partial charge in [-0.15, -0.1) is 0 Å². The van der Waals surface area contributed by atoms with Gasteiger partial charge in [-0.2, -0.15) is 13.2 Å². The maximum absolute atomic E-state index is 13.0. The van der Waals surface area contributed by atoms with E-state index in [-0.39, 0.29) is 5.56 Å². The van der Waals surface area contributed by atoms with Gasteiger partial charge in [0.15, 0.2) is 0 Å². The minimum absolute atomic E-state index is 0.104. The highest BCUT2D eigenvalue weighted by atomic mass is 19.4. The van der Waals surface area contributed by atoms with E-state index in [1.165, 1.54) is 12.3 Å². The van der Waals surface area contributed by atoms with E-state index in [2.05, 4.69) is 11.8 Å². The van der Waals surface area contributed by atoms with Gasteiger partial charge in [0.1, 0.15) is 0 Å². The largest absolute Gasteiger partial charge is 0.417 e. The maximum atomic E-state index is 13.0. The summed E-state index contributed by atoms with van der Waals surface area (Å²) in [6.45, 7) is 5.56. The SMILES string of the molecule is C/C(=C\N)c1ccc(C#CC2CC2)cc1C(F)(F)F.CC. The Morgan fingerprint density at radius 1 is 1.29 bits per heavy atom. The average Bonchev–Trinajstić information content (AvgIpc) is 3.29. The molecule has 1 aromatic rings. The van der Waals surface area contributed by atoms with Gasteiger partial charge in [-0.3, -0.25) is 0 Å². The normalized spacial score (nSPS) is 14.7. The molecule has 1 nitrogen and oxygen atoms in total. The zero-order chi connectivity index (χ0) is 16.0. The lowest BCUT2D eigenvalue weighted by Gasteiger charge is -2.13. The third-order valence-electron chi connectivity index (χ3n) is 3.00. The molecule has 0 atom stereocenters. The molecule has 0 unspecified atom stereocenters. The van der Waals surface area contributed by atoms with Crippen molar-refractivity contribution in [2.75, 3.05) is 0 Å². The van der Waals surface area contributed by atoms with E-state index in [0.29, 0.717) is 17.1 Å². The van der Waals surface area contributed by atoms with Crippen molar-refractivity contribution >= 4 is 5.57 Å². The topological polar surface area (TPSA) is 26.0 Å². The van der Waals surface area contributed by atoms with E-state index >= 15 is 0 Å². The number of nitrogens with two attached hydrogens (primary N) is 1. The van der Waals surface area contributed by atoms with E-state index in [1.807, 2.05) is 13.8 Å². The first kappa shape index (κ1) is 17.2. The van der Waals surface area contributed by atoms with Gasteiger partial charge in [-0.25, -0.2) is 0 Å². The van der Waals surface area contributed by atoms with Crippen molar-refractivity contribution in [2.45, 2.75) is 39.8 Å². The second-order valence-corrected chi connectivity index (χ2v) is 4.65. The summed E-state index contributed by atoms with van der Waals surface area (Å²) in [5.74, 6) is 6.12. The highest BCUT2D eigenvalue weighted by molar-refractivity contribution is 5.67. The van der Waals surface area contributed by atoms with Crippen LogP contribution in [0, 0.1) is 17.8 Å². The molecule has 114 valence electrons. The van der Waals surface area contributed by atoms with Crippen molar-refractivity contribution in [3.05, 3.63) is 41.1 Å². The second-order valence-electron chi connectivity index (χ2n) is 4.65. The highest BCUT2D eigenvalue weighted by Crippen LogP contribution is 2.35. The van der Waals surface area contributed by atoms with Gasteiger partial charge in [0.05, 0.1) is 5.56 Å². The maximum Gasteiger partial charge on any atom is 0.417 e. The summed E-state index contributed by atoms with van der Waals surface area (Å²) in [6.07, 6.45) is -1.13.